The van der Waals surface area contributed by atoms with E-state index in [1.54, 1.807) is 43.5 Å². The molecule has 1 N–H and O–H groups in total. The average Bonchev–Trinajstić information content (AvgIpc) is 2.59. The van der Waals surface area contributed by atoms with Gasteiger partial charge < -0.3 is 10.1 Å². The average molecular weight is 323 g/mol. The van der Waals surface area contributed by atoms with Gasteiger partial charge in [-0.1, -0.05) is 18.2 Å². The lowest BCUT2D eigenvalue weighted by atomic mass is 10.2. The van der Waals surface area contributed by atoms with E-state index in [4.69, 9.17) is 4.74 Å². The number of methoxy groups -OCH3 is 1. The zero-order valence-electron chi connectivity index (χ0n) is 13.7. The van der Waals surface area contributed by atoms with E-state index in [1.165, 1.54) is 11.5 Å². The minimum Gasteiger partial charge on any atom is -0.496 e. The Kier molecular flexibility index (Phi) is 4.04. The molecule has 3 rings (SSSR count). The zero-order chi connectivity index (χ0) is 17.3. The van der Waals surface area contributed by atoms with Crippen LogP contribution in [0.15, 0.2) is 47.4 Å². The number of benzene rings is 1. The molecule has 0 radical (unpaired) electrons. The fraction of sp³-hybridized carbons (Fsp3) is 0.167. The van der Waals surface area contributed by atoms with Gasteiger partial charge in [0.2, 0.25) is 0 Å². The molecule has 0 atom stereocenters. The molecule has 2 aromatic heterocycles. The van der Waals surface area contributed by atoms with Crippen molar-refractivity contribution in [1.82, 2.24) is 9.38 Å². The molecule has 0 aliphatic carbocycles. The lowest BCUT2D eigenvalue weighted by Gasteiger charge is -2.11. The monoisotopic (exact) mass is 323 g/mol. The van der Waals surface area contributed by atoms with Crippen molar-refractivity contribution in [3.05, 3.63) is 69.8 Å². The number of anilines is 1. The highest BCUT2D eigenvalue weighted by molar-refractivity contribution is 6.06. The third-order valence-corrected chi connectivity index (χ3v) is 3.74. The van der Waals surface area contributed by atoms with Crippen molar-refractivity contribution in [2.45, 2.75) is 13.8 Å². The number of nitrogens with zero attached hydrogens (tertiary/aromatic N) is 2. The van der Waals surface area contributed by atoms with Crippen molar-refractivity contribution < 1.29 is 9.53 Å². The van der Waals surface area contributed by atoms with Crippen molar-refractivity contribution in [2.24, 2.45) is 0 Å². The van der Waals surface area contributed by atoms with Gasteiger partial charge in [0.25, 0.3) is 11.5 Å². The summed E-state index contributed by atoms with van der Waals surface area (Å²) in [4.78, 5) is 29.6. The molecule has 0 aliphatic heterocycles. The molecule has 0 unspecified atom stereocenters. The van der Waals surface area contributed by atoms with Crippen LogP contribution in [0.3, 0.4) is 0 Å². The zero-order valence-corrected chi connectivity index (χ0v) is 13.7. The Hall–Kier alpha value is -3.15. The number of nitrogens with one attached hydrogen (secondary N) is 1. The van der Waals surface area contributed by atoms with Crippen LogP contribution in [0, 0.1) is 13.8 Å². The van der Waals surface area contributed by atoms with E-state index in [0.29, 0.717) is 22.7 Å². The summed E-state index contributed by atoms with van der Waals surface area (Å²) in [5, 5.41) is 2.67. The molecule has 0 spiro atoms. The first kappa shape index (κ1) is 15.7. The molecule has 6 nitrogen and oxygen atoms in total. The lowest BCUT2D eigenvalue weighted by molar-refractivity contribution is 0.102. The number of pyridine rings is 1. The van der Waals surface area contributed by atoms with Gasteiger partial charge in [0.1, 0.15) is 17.1 Å². The van der Waals surface area contributed by atoms with Gasteiger partial charge in [-0.15, -0.1) is 0 Å². The number of rotatable bonds is 3. The van der Waals surface area contributed by atoms with Gasteiger partial charge in [-0.2, -0.15) is 0 Å². The molecule has 0 aliphatic rings. The van der Waals surface area contributed by atoms with E-state index in [2.05, 4.69) is 10.3 Å². The Morgan fingerprint density at radius 3 is 2.67 bits per heavy atom. The molecule has 0 bridgehead atoms. The molecule has 0 saturated heterocycles. The number of aryl methyl sites for hydroxylation is 2. The highest BCUT2D eigenvalue weighted by atomic mass is 16.5. The van der Waals surface area contributed by atoms with Gasteiger partial charge >= 0.3 is 0 Å². The fourth-order valence-corrected chi connectivity index (χ4v) is 2.51. The van der Waals surface area contributed by atoms with E-state index < -0.39 is 5.91 Å². The maximum atomic E-state index is 12.7. The van der Waals surface area contributed by atoms with E-state index >= 15 is 0 Å². The molecule has 1 amide bonds. The lowest BCUT2D eigenvalue weighted by Crippen LogP contribution is -2.25. The summed E-state index contributed by atoms with van der Waals surface area (Å²) in [6.07, 6.45) is 1.70. The third-order valence-electron chi connectivity index (χ3n) is 3.74. The highest BCUT2D eigenvalue weighted by Gasteiger charge is 2.16. The minimum atomic E-state index is -0.415. The Morgan fingerprint density at radius 1 is 1.17 bits per heavy atom. The van der Waals surface area contributed by atoms with Crippen LogP contribution >= 0.6 is 0 Å². The van der Waals surface area contributed by atoms with Crippen molar-refractivity contribution in [3.63, 3.8) is 0 Å². The second-order valence-electron chi connectivity index (χ2n) is 5.47. The van der Waals surface area contributed by atoms with E-state index in [-0.39, 0.29) is 11.2 Å². The molecule has 122 valence electrons. The summed E-state index contributed by atoms with van der Waals surface area (Å²) in [5.41, 5.74) is 2.13. The summed E-state index contributed by atoms with van der Waals surface area (Å²) >= 11 is 0. The maximum Gasteiger partial charge on any atom is 0.281 e. The van der Waals surface area contributed by atoms with Crippen LogP contribution in [-0.2, 0) is 0 Å². The molecule has 0 fully saturated rings. The van der Waals surface area contributed by atoms with Crippen molar-refractivity contribution >= 4 is 17.2 Å². The van der Waals surface area contributed by atoms with Crippen LogP contribution in [-0.4, -0.2) is 22.4 Å². The van der Waals surface area contributed by atoms with Gasteiger partial charge in [-0.3, -0.25) is 14.0 Å². The van der Waals surface area contributed by atoms with Crippen molar-refractivity contribution in [2.75, 3.05) is 12.4 Å². The predicted molar refractivity (Wildman–Crippen MR) is 91.9 cm³/mol. The summed E-state index contributed by atoms with van der Waals surface area (Å²) in [5.74, 6) is 0.0272. The number of hydrogen-bond acceptors (Lipinski definition) is 4. The molecule has 24 heavy (non-hydrogen) atoms. The number of hydrogen-bond donors (Lipinski definition) is 1. The Labute approximate surface area is 138 Å². The predicted octanol–water partition coefficient (Wildman–Crippen LogP) is 2.57. The van der Waals surface area contributed by atoms with Gasteiger partial charge in [-0.25, -0.2) is 4.98 Å². The first-order valence-electron chi connectivity index (χ1n) is 7.45. The first-order valence-corrected chi connectivity index (χ1v) is 7.45. The van der Waals surface area contributed by atoms with Crippen LogP contribution in [0.2, 0.25) is 0 Å². The quantitative estimate of drug-likeness (QED) is 0.804. The second-order valence-corrected chi connectivity index (χ2v) is 5.47. The molecular formula is C18H17N3O3. The fourth-order valence-electron chi connectivity index (χ4n) is 2.51. The van der Waals surface area contributed by atoms with E-state index in [9.17, 15) is 9.59 Å². The number of fused-ring (bicyclic) bond motifs is 1. The first-order chi connectivity index (χ1) is 11.5. The van der Waals surface area contributed by atoms with Crippen molar-refractivity contribution in [1.29, 1.82) is 0 Å². The number of carbonyl (C=O) groups is 1. The van der Waals surface area contributed by atoms with Crippen LogP contribution in [0.5, 0.6) is 5.75 Å². The van der Waals surface area contributed by atoms with Crippen LogP contribution < -0.4 is 15.6 Å². The number of amides is 1. The maximum absolute atomic E-state index is 12.7. The Morgan fingerprint density at radius 2 is 1.92 bits per heavy atom. The van der Waals surface area contributed by atoms with Gasteiger partial charge in [-0.05, 0) is 37.6 Å². The third kappa shape index (κ3) is 2.74. The largest absolute Gasteiger partial charge is 0.496 e. The summed E-state index contributed by atoms with van der Waals surface area (Å²) < 4.78 is 6.62. The Bertz CT molecular complexity index is 992. The molecule has 6 heteroatoms. The van der Waals surface area contributed by atoms with E-state index in [0.717, 1.165) is 5.56 Å². The summed E-state index contributed by atoms with van der Waals surface area (Å²) in [6.45, 7) is 3.58. The van der Waals surface area contributed by atoms with Crippen molar-refractivity contribution in [3.8, 4) is 5.75 Å². The smallest absolute Gasteiger partial charge is 0.281 e. The van der Waals surface area contributed by atoms with Crippen LogP contribution in [0.25, 0.3) is 5.65 Å². The summed E-state index contributed by atoms with van der Waals surface area (Å²) in [6, 6.07) is 10.5. The number of carbonyl (C=O) groups excluding carboxylic acids is 1. The van der Waals surface area contributed by atoms with Gasteiger partial charge in [0.05, 0.1) is 18.4 Å². The van der Waals surface area contributed by atoms with E-state index in [1.807, 2.05) is 13.0 Å². The van der Waals surface area contributed by atoms with Crippen LogP contribution in [0.4, 0.5) is 5.69 Å². The molecule has 3 aromatic rings. The highest BCUT2D eigenvalue weighted by Crippen LogP contribution is 2.19. The SMILES string of the molecule is COc1ccccc1C(=O)Nc1c(C)nc2ccc(C)cn2c1=O. The topological polar surface area (TPSA) is 72.7 Å². The molecule has 0 saturated carbocycles. The minimum absolute atomic E-state index is 0.161. The molecule has 2 heterocycles. The normalized spacial score (nSPS) is 10.6. The second kappa shape index (κ2) is 6.16. The number of ether oxygens (including phenoxy) is 1. The molecular weight excluding hydrogens is 306 g/mol. The van der Waals surface area contributed by atoms with Gasteiger partial charge in [0, 0.05) is 6.20 Å². The van der Waals surface area contributed by atoms with Gasteiger partial charge in [0.15, 0.2) is 0 Å². The number of aromatic nitrogens is 2. The van der Waals surface area contributed by atoms with Crippen LogP contribution in [0.1, 0.15) is 21.6 Å². The standard InChI is InChI=1S/C18H17N3O3/c1-11-8-9-15-19-12(2)16(18(23)21(15)10-11)20-17(22)13-6-4-5-7-14(13)24-3/h4-10H,1-3H3,(H,20,22). The molecule has 1 aromatic carbocycles. The Balaban J connectivity index is 2.07. The summed E-state index contributed by atoms with van der Waals surface area (Å²) in [7, 11) is 1.49. The number of para-hydroxylation sites is 1.